The number of thiazole rings is 1. The van der Waals surface area contributed by atoms with Crippen molar-refractivity contribution in [1.29, 1.82) is 0 Å². The van der Waals surface area contributed by atoms with Crippen LogP contribution >= 0.6 is 22.9 Å². The number of rotatable bonds is 12. The van der Waals surface area contributed by atoms with Crippen LogP contribution in [-0.2, 0) is 5.60 Å². The first-order valence-corrected chi connectivity index (χ1v) is 13.1. The molecule has 0 spiro atoms. The second-order valence-electron chi connectivity index (χ2n) is 8.40. The van der Waals surface area contributed by atoms with Gasteiger partial charge in [0.1, 0.15) is 35.5 Å². The predicted molar refractivity (Wildman–Crippen MR) is 144 cm³/mol. The molecule has 2 aromatic carbocycles. The Morgan fingerprint density at radius 2 is 1.85 bits per heavy atom. The Bertz CT molecular complexity index is 1450. The lowest BCUT2D eigenvalue weighted by atomic mass is 9.90. The molecule has 0 aliphatic rings. The van der Waals surface area contributed by atoms with Gasteiger partial charge < -0.3 is 19.3 Å². The third-order valence-corrected chi connectivity index (χ3v) is 7.23. The highest BCUT2D eigenvalue weighted by Gasteiger charge is 2.37. The number of ether oxygens (including phenoxy) is 3. The first-order chi connectivity index (χ1) is 18.8. The number of aliphatic hydroxyl groups is 1. The van der Waals surface area contributed by atoms with Crippen molar-refractivity contribution in [3.8, 4) is 28.5 Å². The average Bonchev–Trinajstić information content (AvgIpc) is 3.51. The van der Waals surface area contributed by atoms with E-state index in [-0.39, 0.29) is 35.9 Å². The Morgan fingerprint density at radius 1 is 1.08 bits per heavy atom. The lowest BCUT2D eigenvalue weighted by Crippen LogP contribution is -2.29. The monoisotopic (exact) mass is 574 g/mol. The van der Waals surface area contributed by atoms with Gasteiger partial charge in [-0.25, -0.2) is 18.7 Å². The molecule has 39 heavy (non-hydrogen) atoms. The van der Waals surface area contributed by atoms with Crippen molar-refractivity contribution in [2.45, 2.75) is 18.4 Å². The molecule has 204 valence electrons. The SMILES string of the molecule is COc1cc(C(=O)CCC(O)(c2ccc(OC)c(-c3ccc(F)c(Cl)c3)n2)c2nccs2)ccc1OCCF. The van der Waals surface area contributed by atoms with Crippen LogP contribution in [0.4, 0.5) is 8.78 Å². The van der Waals surface area contributed by atoms with Gasteiger partial charge in [-0.15, -0.1) is 11.3 Å². The van der Waals surface area contributed by atoms with Crippen molar-refractivity contribution in [2.75, 3.05) is 27.5 Å². The highest BCUT2D eigenvalue weighted by atomic mass is 35.5. The number of halogens is 3. The summed E-state index contributed by atoms with van der Waals surface area (Å²) in [6.45, 7) is -0.792. The van der Waals surface area contributed by atoms with Crippen LogP contribution in [0.15, 0.2) is 60.1 Å². The number of aromatic nitrogens is 2. The maximum Gasteiger partial charge on any atom is 0.163 e. The third-order valence-electron chi connectivity index (χ3n) is 6.02. The van der Waals surface area contributed by atoms with E-state index in [2.05, 4.69) is 9.97 Å². The van der Waals surface area contributed by atoms with Crippen molar-refractivity contribution < 1.29 is 32.9 Å². The maximum absolute atomic E-state index is 13.8. The molecule has 0 saturated heterocycles. The molecule has 0 aliphatic heterocycles. The molecule has 0 amide bonds. The zero-order valence-electron chi connectivity index (χ0n) is 21.1. The fourth-order valence-electron chi connectivity index (χ4n) is 4.01. The van der Waals surface area contributed by atoms with Crippen LogP contribution in [-0.4, -0.2) is 48.4 Å². The number of Topliss-reactive ketones (excluding diaryl/α,β-unsaturated/α-hetero) is 1. The summed E-state index contributed by atoms with van der Waals surface area (Å²) in [5.74, 6) is 0.165. The van der Waals surface area contributed by atoms with Crippen molar-refractivity contribution in [3.63, 3.8) is 0 Å². The maximum atomic E-state index is 13.8. The largest absolute Gasteiger partial charge is 0.494 e. The fraction of sp³-hybridized carbons (Fsp3) is 0.250. The predicted octanol–water partition coefficient (Wildman–Crippen LogP) is 6.26. The smallest absolute Gasteiger partial charge is 0.163 e. The van der Waals surface area contributed by atoms with Gasteiger partial charge in [0.15, 0.2) is 22.9 Å². The van der Waals surface area contributed by atoms with E-state index in [0.29, 0.717) is 39.1 Å². The van der Waals surface area contributed by atoms with E-state index in [0.717, 1.165) is 0 Å². The first-order valence-electron chi connectivity index (χ1n) is 11.8. The van der Waals surface area contributed by atoms with Crippen LogP contribution in [0, 0.1) is 5.82 Å². The Labute approximate surface area is 233 Å². The van der Waals surface area contributed by atoms with Gasteiger partial charge in [-0.3, -0.25) is 4.79 Å². The first kappa shape index (κ1) is 28.4. The molecule has 4 aromatic rings. The van der Waals surface area contributed by atoms with E-state index in [1.165, 1.54) is 49.8 Å². The van der Waals surface area contributed by atoms with Crippen molar-refractivity contribution >= 4 is 28.7 Å². The number of benzene rings is 2. The lowest BCUT2D eigenvalue weighted by molar-refractivity contribution is 0.0595. The molecule has 0 fully saturated rings. The van der Waals surface area contributed by atoms with E-state index in [1.807, 2.05) is 0 Å². The summed E-state index contributed by atoms with van der Waals surface area (Å²) < 4.78 is 42.4. The zero-order chi connectivity index (χ0) is 28.0. The molecular weight excluding hydrogens is 550 g/mol. The number of hydrogen-bond acceptors (Lipinski definition) is 8. The number of alkyl halides is 1. The van der Waals surface area contributed by atoms with Gasteiger partial charge in [0.2, 0.25) is 0 Å². The van der Waals surface area contributed by atoms with E-state index < -0.39 is 18.1 Å². The topological polar surface area (TPSA) is 90.8 Å². The quantitative estimate of drug-likeness (QED) is 0.200. The summed E-state index contributed by atoms with van der Waals surface area (Å²) in [5.41, 5.74) is -0.325. The highest BCUT2D eigenvalue weighted by molar-refractivity contribution is 7.09. The minimum absolute atomic E-state index is 0.0370. The summed E-state index contributed by atoms with van der Waals surface area (Å²) in [4.78, 5) is 22.1. The number of ketones is 1. The van der Waals surface area contributed by atoms with Crippen LogP contribution in [0.2, 0.25) is 5.02 Å². The Balaban J connectivity index is 1.67. The van der Waals surface area contributed by atoms with Crippen LogP contribution in [0.3, 0.4) is 0 Å². The number of pyridine rings is 1. The van der Waals surface area contributed by atoms with Crippen LogP contribution in [0.1, 0.15) is 33.9 Å². The summed E-state index contributed by atoms with van der Waals surface area (Å²) in [5, 5.41) is 13.9. The minimum Gasteiger partial charge on any atom is -0.494 e. The second kappa shape index (κ2) is 12.5. The molecule has 1 atom stereocenters. The van der Waals surface area contributed by atoms with Gasteiger partial charge in [0.05, 0.1) is 24.9 Å². The fourth-order valence-corrected chi connectivity index (χ4v) is 4.97. The number of carbonyl (C=O) groups is 1. The molecule has 7 nitrogen and oxygen atoms in total. The van der Waals surface area contributed by atoms with Gasteiger partial charge in [-0.05, 0) is 55.0 Å². The normalized spacial score (nSPS) is 12.6. The Morgan fingerprint density at radius 3 is 2.51 bits per heavy atom. The lowest BCUT2D eigenvalue weighted by Gasteiger charge is -2.26. The molecule has 0 saturated carbocycles. The Hall–Kier alpha value is -3.60. The molecule has 0 bridgehead atoms. The molecule has 2 aromatic heterocycles. The highest BCUT2D eigenvalue weighted by Crippen LogP contribution is 2.39. The number of nitrogens with zero attached hydrogens (tertiary/aromatic N) is 2. The molecular formula is C28H25ClF2N2O5S. The van der Waals surface area contributed by atoms with Crippen molar-refractivity contribution in [3.05, 3.63) is 87.2 Å². The van der Waals surface area contributed by atoms with Gasteiger partial charge in [0, 0.05) is 29.1 Å². The van der Waals surface area contributed by atoms with Crippen LogP contribution < -0.4 is 14.2 Å². The van der Waals surface area contributed by atoms with E-state index in [9.17, 15) is 18.7 Å². The summed E-state index contributed by atoms with van der Waals surface area (Å²) in [6, 6.07) is 12.0. The summed E-state index contributed by atoms with van der Waals surface area (Å²) in [7, 11) is 2.90. The second-order valence-corrected chi connectivity index (χ2v) is 9.70. The van der Waals surface area contributed by atoms with Gasteiger partial charge >= 0.3 is 0 Å². The van der Waals surface area contributed by atoms with Gasteiger partial charge in [-0.1, -0.05) is 11.6 Å². The van der Waals surface area contributed by atoms with Crippen LogP contribution in [0.25, 0.3) is 11.3 Å². The molecule has 4 rings (SSSR count). The molecule has 0 radical (unpaired) electrons. The van der Waals surface area contributed by atoms with Crippen molar-refractivity contribution in [2.24, 2.45) is 0 Å². The summed E-state index contributed by atoms with van der Waals surface area (Å²) in [6.07, 6.45) is 1.46. The molecule has 1 N–H and O–H groups in total. The zero-order valence-corrected chi connectivity index (χ0v) is 22.7. The van der Waals surface area contributed by atoms with E-state index in [4.69, 9.17) is 25.8 Å². The third kappa shape index (κ3) is 6.19. The Kier molecular flexibility index (Phi) is 9.11. The molecule has 11 heteroatoms. The van der Waals surface area contributed by atoms with Gasteiger partial charge in [0.25, 0.3) is 0 Å². The van der Waals surface area contributed by atoms with Crippen LogP contribution in [0.5, 0.6) is 17.2 Å². The minimum atomic E-state index is -1.72. The molecule has 0 aliphatic carbocycles. The summed E-state index contributed by atoms with van der Waals surface area (Å²) >= 11 is 7.22. The molecule has 1 unspecified atom stereocenters. The average molecular weight is 575 g/mol. The van der Waals surface area contributed by atoms with E-state index >= 15 is 0 Å². The van der Waals surface area contributed by atoms with Gasteiger partial charge in [-0.2, -0.15) is 0 Å². The van der Waals surface area contributed by atoms with Crippen molar-refractivity contribution in [1.82, 2.24) is 9.97 Å². The standard InChI is InChI=1S/C28H25ClF2N2O5S/c1-36-23-7-8-25(33-26(23)18-3-5-20(31)19(29)15-18)28(35,27-32-12-14-39-27)10-9-21(34)17-4-6-22(38-13-11-30)24(16-17)37-2/h3-8,12,14-16,35H,9-11,13H2,1-2H3. The number of carbonyl (C=O) groups excluding carboxylic acids is 1. The number of methoxy groups -OCH3 is 2. The van der Waals surface area contributed by atoms with E-state index in [1.54, 1.807) is 35.8 Å². The molecule has 2 heterocycles. The number of hydrogen-bond donors (Lipinski definition) is 1.